The molecule has 0 fully saturated rings. The smallest absolute Gasteiger partial charge is 0.160 e. The van der Waals surface area contributed by atoms with E-state index in [0.29, 0.717) is 12.3 Å². The fourth-order valence-electron chi connectivity index (χ4n) is 7.68. The van der Waals surface area contributed by atoms with Crippen molar-refractivity contribution in [1.29, 1.82) is 0 Å². The zero-order chi connectivity index (χ0) is 36.6. The molecule has 8 aromatic carbocycles. The predicted molar refractivity (Wildman–Crippen MR) is 230 cm³/mol. The maximum Gasteiger partial charge on any atom is 0.160 e. The van der Waals surface area contributed by atoms with Gasteiger partial charge in [0.25, 0.3) is 0 Å². The maximum atomic E-state index is 6.68. The Hall–Kier alpha value is -7.30. The fourth-order valence-corrected chi connectivity index (χ4v) is 7.68. The second-order valence-corrected chi connectivity index (χ2v) is 13.7. The Bertz CT molecular complexity index is 2920. The van der Waals surface area contributed by atoms with E-state index in [1.807, 2.05) is 30.3 Å². The number of fused-ring (bicyclic) bond motifs is 4. The van der Waals surface area contributed by atoms with Crippen LogP contribution in [-0.2, 0) is 0 Å². The average molecular weight is 706 g/mol. The largest absolute Gasteiger partial charge is 0.456 e. The monoisotopic (exact) mass is 705 g/mol. The van der Waals surface area contributed by atoms with Crippen LogP contribution in [0.2, 0.25) is 0 Å². The van der Waals surface area contributed by atoms with Crippen LogP contribution in [0.5, 0.6) is 0 Å². The highest BCUT2D eigenvalue weighted by atomic mass is 16.3. The maximum absolute atomic E-state index is 6.68. The number of para-hydroxylation sites is 2. The second-order valence-electron chi connectivity index (χ2n) is 13.7. The quantitative estimate of drug-likeness (QED) is 0.166. The molecule has 260 valence electrons. The van der Waals surface area contributed by atoms with Gasteiger partial charge in [0.2, 0.25) is 0 Å². The molecule has 0 radical (unpaired) electrons. The van der Waals surface area contributed by atoms with Gasteiger partial charge in [-0.25, -0.2) is 9.98 Å². The molecule has 0 bridgehead atoms. The van der Waals surface area contributed by atoms with Crippen LogP contribution < -0.4 is 4.90 Å². The molecule has 0 unspecified atom stereocenters. The number of allylic oxidation sites excluding steroid dienone is 1. The van der Waals surface area contributed by atoms with Gasteiger partial charge in [-0.1, -0.05) is 158 Å². The first kappa shape index (κ1) is 32.4. The minimum atomic E-state index is 0.584. The van der Waals surface area contributed by atoms with Crippen LogP contribution in [0.15, 0.2) is 215 Å². The predicted octanol–water partition coefficient (Wildman–Crippen LogP) is 13.6. The number of furan rings is 1. The van der Waals surface area contributed by atoms with Crippen molar-refractivity contribution in [3.63, 3.8) is 0 Å². The number of nitrogens with zero attached hydrogens (tertiary/aromatic N) is 3. The zero-order valence-electron chi connectivity index (χ0n) is 30.0. The molecular formula is C51H35N3O. The Morgan fingerprint density at radius 3 is 1.85 bits per heavy atom. The van der Waals surface area contributed by atoms with Crippen molar-refractivity contribution >= 4 is 67.0 Å². The summed E-state index contributed by atoms with van der Waals surface area (Å²) in [5.74, 6) is 0.676. The Kier molecular flexibility index (Phi) is 8.19. The van der Waals surface area contributed by atoms with Gasteiger partial charge in [0.1, 0.15) is 11.2 Å². The van der Waals surface area contributed by atoms with Crippen molar-refractivity contribution < 1.29 is 4.42 Å². The van der Waals surface area contributed by atoms with E-state index in [1.165, 1.54) is 21.9 Å². The molecule has 2 heterocycles. The van der Waals surface area contributed by atoms with Crippen molar-refractivity contribution in [2.75, 3.05) is 4.90 Å². The molecule has 0 aliphatic carbocycles. The highest BCUT2D eigenvalue weighted by Gasteiger charge is 2.23. The zero-order valence-corrected chi connectivity index (χ0v) is 30.0. The van der Waals surface area contributed by atoms with Gasteiger partial charge in [-0.05, 0) is 64.4 Å². The highest BCUT2D eigenvalue weighted by Crippen LogP contribution is 2.44. The van der Waals surface area contributed by atoms with Crippen LogP contribution in [0.1, 0.15) is 23.1 Å². The molecule has 4 nitrogen and oxygen atoms in total. The molecule has 1 aliphatic heterocycles. The fraction of sp³-hybridized carbons (Fsp3) is 0.0196. The summed E-state index contributed by atoms with van der Waals surface area (Å²) < 4.78 is 6.68. The number of aliphatic imine (C=N–C) groups is 2. The number of anilines is 3. The van der Waals surface area contributed by atoms with Gasteiger partial charge in [0.15, 0.2) is 5.84 Å². The van der Waals surface area contributed by atoms with Gasteiger partial charge < -0.3 is 9.32 Å². The van der Waals surface area contributed by atoms with Gasteiger partial charge in [-0.3, -0.25) is 0 Å². The van der Waals surface area contributed by atoms with Crippen LogP contribution in [0.25, 0.3) is 49.5 Å². The standard InChI is InChI=1S/C51H35N3O/c1-4-15-35(16-5-1)36-27-29-41(30-28-36)54(40-21-8-3-9-22-40)47-33-39(34-49-50(47)44-24-12-13-26-48(44)55-49)45-31-32-46(53-51(52-45)38-18-6-2-7-19-38)43-25-14-20-37-17-10-11-23-42(37)43/h1-30,32-34H,31H2. The van der Waals surface area contributed by atoms with E-state index in [-0.39, 0.29) is 0 Å². The third-order valence-electron chi connectivity index (χ3n) is 10.3. The lowest BCUT2D eigenvalue weighted by molar-refractivity contribution is 0.669. The van der Waals surface area contributed by atoms with E-state index >= 15 is 0 Å². The van der Waals surface area contributed by atoms with Crippen molar-refractivity contribution in [3.8, 4) is 11.1 Å². The molecular weight excluding hydrogens is 671 g/mol. The summed E-state index contributed by atoms with van der Waals surface area (Å²) in [6, 6.07) is 67.8. The van der Waals surface area contributed by atoms with Crippen molar-refractivity contribution in [1.82, 2.24) is 0 Å². The summed E-state index contributed by atoms with van der Waals surface area (Å²) in [4.78, 5) is 13.0. The Morgan fingerprint density at radius 2 is 1.07 bits per heavy atom. The van der Waals surface area contributed by atoms with Crippen LogP contribution in [0.4, 0.5) is 17.1 Å². The van der Waals surface area contributed by atoms with E-state index in [0.717, 1.165) is 67.1 Å². The summed E-state index contributed by atoms with van der Waals surface area (Å²) in [5, 5.41) is 4.46. The second kappa shape index (κ2) is 13.9. The summed E-state index contributed by atoms with van der Waals surface area (Å²) in [6.45, 7) is 0. The Labute approximate surface area is 319 Å². The van der Waals surface area contributed by atoms with Crippen molar-refractivity contribution in [3.05, 3.63) is 217 Å². The lowest BCUT2D eigenvalue weighted by Crippen LogP contribution is -2.12. The van der Waals surface area contributed by atoms with Crippen molar-refractivity contribution in [2.45, 2.75) is 6.42 Å². The Balaban J connectivity index is 1.18. The Morgan fingerprint density at radius 1 is 0.455 bits per heavy atom. The number of hydrogen-bond donors (Lipinski definition) is 0. The van der Waals surface area contributed by atoms with E-state index < -0.39 is 0 Å². The minimum Gasteiger partial charge on any atom is -0.456 e. The topological polar surface area (TPSA) is 41.1 Å². The number of amidine groups is 1. The summed E-state index contributed by atoms with van der Waals surface area (Å²) in [6.07, 6.45) is 2.80. The van der Waals surface area contributed by atoms with Gasteiger partial charge >= 0.3 is 0 Å². The van der Waals surface area contributed by atoms with Crippen molar-refractivity contribution in [2.24, 2.45) is 9.98 Å². The van der Waals surface area contributed by atoms with Gasteiger partial charge in [0.05, 0.1) is 22.5 Å². The third-order valence-corrected chi connectivity index (χ3v) is 10.3. The molecule has 0 saturated carbocycles. The average Bonchev–Trinajstić information content (AvgIpc) is 3.49. The van der Waals surface area contributed by atoms with Crippen LogP contribution >= 0.6 is 0 Å². The molecule has 1 aliphatic rings. The molecule has 0 atom stereocenters. The van der Waals surface area contributed by atoms with E-state index in [2.05, 4.69) is 175 Å². The molecule has 0 saturated heterocycles. The first-order chi connectivity index (χ1) is 27.3. The SMILES string of the molecule is C1=C(c2cccc3ccccc23)N=C(c2ccccc2)N=C(c2cc(N(c3ccccc3)c3ccc(-c4ccccc4)cc3)c3c(c2)oc2ccccc23)C1. The summed E-state index contributed by atoms with van der Waals surface area (Å²) >= 11 is 0. The molecule has 9 aromatic rings. The lowest BCUT2D eigenvalue weighted by atomic mass is 9.99. The molecule has 0 spiro atoms. The van der Waals surface area contributed by atoms with Crippen LogP contribution in [0, 0.1) is 0 Å². The molecule has 55 heavy (non-hydrogen) atoms. The number of benzene rings is 8. The van der Waals surface area contributed by atoms with E-state index in [9.17, 15) is 0 Å². The van der Waals surface area contributed by atoms with E-state index in [4.69, 9.17) is 14.4 Å². The summed E-state index contributed by atoms with van der Waals surface area (Å²) in [5.41, 5.74) is 11.9. The first-order valence-electron chi connectivity index (χ1n) is 18.6. The van der Waals surface area contributed by atoms with Crippen LogP contribution in [0.3, 0.4) is 0 Å². The minimum absolute atomic E-state index is 0.584. The van der Waals surface area contributed by atoms with Crippen LogP contribution in [-0.4, -0.2) is 11.5 Å². The highest BCUT2D eigenvalue weighted by molar-refractivity contribution is 6.20. The molecule has 4 heteroatoms. The molecule has 1 aromatic heterocycles. The van der Waals surface area contributed by atoms with Gasteiger partial charge in [0, 0.05) is 39.9 Å². The first-order valence-corrected chi connectivity index (χ1v) is 18.6. The molecule has 0 amide bonds. The molecule has 0 N–H and O–H groups in total. The normalized spacial score (nSPS) is 13.0. The number of rotatable bonds is 7. The molecule has 10 rings (SSSR count). The van der Waals surface area contributed by atoms with E-state index in [1.54, 1.807) is 0 Å². The van der Waals surface area contributed by atoms with Gasteiger partial charge in [-0.15, -0.1) is 0 Å². The van der Waals surface area contributed by atoms with Gasteiger partial charge in [-0.2, -0.15) is 0 Å². The summed E-state index contributed by atoms with van der Waals surface area (Å²) in [7, 11) is 0. The third kappa shape index (κ3) is 6.10. The lowest BCUT2D eigenvalue weighted by Gasteiger charge is -2.27. The number of hydrogen-bond acceptors (Lipinski definition) is 4.